The van der Waals surface area contributed by atoms with E-state index in [0.29, 0.717) is 23.1 Å². The molecule has 192 valence electrons. The van der Waals surface area contributed by atoms with Crippen LogP contribution in [-0.2, 0) is 9.53 Å². The molecule has 11 heteroatoms. The number of fused-ring (bicyclic) bond motifs is 1. The Morgan fingerprint density at radius 3 is 2.69 bits per heavy atom. The summed E-state index contributed by atoms with van der Waals surface area (Å²) in [6, 6.07) is 5.54. The fourth-order valence-electron chi connectivity index (χ4n) is 5.14. The number of hydrogen-bond acceptors (Lipinski definition) is 8. The van der Waals surface area contributed by atoms with Crippen LogP contribution in [0.3, 0.4) is 0 Å². The molecular weight excluding hydrogens is 576 g/mol. The molecule has 2 saturated carbocycles. The minimum Gasteiger partial charge on any atom is -0.461 e. The number of nitrogens with one attached hydrogen (secondary N) is 2. The molecule has 0 atom stereocenters. The van der Waals surface area contributed by atoms with Crippen LogP contribution < -0.4 is 16.4 Å². The average Bonchev–Trinajstić information content (AvgIpc) is 3.53. The minimum absolute atomic E-state index is 0.0797. The molecular formula is C25H31FIN7O2. The Labute approximate surface area is 219 Å². The molecule has 0 saturated heterocycles. The number of carbonyl (C=O) groups is 1. The number of nitrogens with two attached hydrogens (primary N) is 1. The number of carbonyl (C=O) groups excluding carboxylic acids is 1. The second-order valence-corrected chi connectivity index (χ2v) is 11.2. The molecule has 3 aromatic rings. The number of esters is 1. The van der Waals surface area contributed by atoms with E-state index in [0.717, 1.165) is 60.6 Å². The van der Waals surface area contributed by atoms with Crippen molar-refractivity contribution in [3.8, 4) is 0 Å². The predicted octanol–water partition coefficient (Wildman–Crippen LogP) is 4.62. The number of imidazole rings is 1. The van der Waals surface area contributed by atoms with E-state index >= 15 is 0 Å². The van der Waals surface area contributed by atoms with Crippen molar-refractivity contribution in [2.45, 2.75) is 69.6 Å². The van der Waals surface area contributed by atoms with Crippen molar-refractivity contribution in [3.63, 3.8) is 0 Å². The van der Waals surface area contributed by atoms with Crippen molar-refractivity contribution in [1.82, 2.24) is 19.5 Å². The van der Waals surface area contributed by atoms with E-state index in [1.165, 1.54) is 6.07 Å². The summed E-state index contributed by atoms with van der Waals surface area (Å²) in [5.74, 6) is 0.478. The lowest BCUT2D eigenvalue weighted by Gasteiger charge is -2.28. The zero-order valence-electron chi connectivity index (χ0n) is 20.1. The van der Waals surface area contributed by atoms with Gasteiger partial charge in [0.25, 0.3) is 0 Å². The number of aromatic nitrogens is 4. The molecule has 0 amide bonds. The highest BCUT2D eigenvalue weighted by Crippen LogP contribution is 2.37. The van der Waals surface area contributed by atoms with Crippen LogP contribution in [0.4, 0.5) is 22.0 Å². The Bertz CT molecular complexity index is 1250. The third-order valence-electron chi connectivity index (χ3n) is 6.94. The number of para-hydroxylation sites is 1. The van der Waals surface area contributed by atoms with Crippen LogP contribution in [0.1, 0.15) is 57.4 Å². The number of benzene rings is 1. The van der Waals surface area contributed by atoms with Crippen LogP contribution >= 0.6 is 20.7 Å². The fourth-order valence-corrected chi connectivity index (χ4v) is 6.37. The standard InChI is InChI=1S/C25H31FIN7O2/c1-27-19-8-4-7-18(26)22(19)32-25-31-20-14-29-24(33-23(20)34(25)16-5-2-3-6-16)30-15-9-11-17(12-10-15)36-21(35)13-28/h4,7-8,14-17H,1-3,5-6,9-13,28H2,(H,31,32)(H,29,30,33). The number of nitrogens with zero attached hydrogens (tertiary/aromatic N) is 4. The number of halogens is 2. The van der Waals surface area contributed by atoms with Crippen LogP contribution in [0.2, 0.25) is 0 Å². The molecule has 0 bridgehead atoms. The van der Waals surface area contributed by atoms with Gasteiger partial charge < -0.3 is 21.1 Å². The average molecular weight is 607 g/mol. The summed E-state index contributed by atoms with van der Waals surface area (Å²) >= 11 is -0.560. The summed E-state index contributed by atoms with van der Waals surface area (Å²) in [5.41, 5.74) is 7.23. The SMILES string of the molecule is C=Ic1cccc(F)c1Nc1nc2cnc(NC3CCC(OC(=O)CN)CC3)nc2n1C1CCCC1. The lowest BCUT2D eigenvalue weighted by molar-refractivity contribution is -0.148. The van der Waals surface area contributed by atoms with Crippen LogP contribution in [0.25, 0.3) is 11.2 Å². The van der Waals surface area contributed by atoms with Gasteiger partial charge in [0.05, 0.1) is 18.4 Å². The first kappa shape index (κ1) is 25.0. The van der Waals surface area contributed by atoms with E-state index in [2.05, 4.69) is 24.7 Å². The van der Waals surface area contributed by atoms with Crippen LogP contribution in [0.15, 0.2) is 24.4 Å². The first-order valence-corrected chi connectivity index (χ1v) is 15.0. The molecule has 2 heterocycles. The van der Waals surface area contributed by atoms with Crippen LogP contribution in [0, 0.1) is 9.39 Å². The van der Waals surface area contributed by atoms with E-state index in [1.807, 2.05) is 6.07 Å². The zero-order valence-corrected chi connectivity index (χ0v) is 22.2. The summed E-state index contributed by atoms with van der Waals surface area (Å²) in [7, 11) is 0. The first-order chi connectivity index (χ1) is 17.6. The fraction of sp³-hybridized carbons (Fsp3) is 0.480. The minimum atomic E-state index is -0.560. The van der Waals surface area contributed by atoms with Crippen molar-refractivity contribution >= 4 is 60.0 Å². The summed E-state index contributed by atoms with van der Waals surface area (Å²) < 4.78 is 27.2. The highest BCUT2D eigenvalue weighted by molar-refractivity contribution is 14.2. The van der Waals surface area contributed by atoms with Crippen molar-refractivity contribution in [2.24, 2.45) is 5.73 Å². The summed E-state index contributed by atoms with van der Waals surface area (Å²) in [6.45, 7) is -0.0906. The summed E-state index contributed by atoms with van der Waals surface area (Å²) in [5, 5.41) is 6.73. The van der Waals surface area contributed by atoms with Crippen molar-refractivity contribution in [1.29, 1.82) is 0 Å². The van der Waals surface area contributed by atoms with Gasteiger partial charge in [0.2, 0.25) is 11.9 Å². The molecule has 36 heavy (non-hydrogen) atoms. The number of rotatable bonds is 8. The number of anilines is 3. The quantitative estimate of drug-likeness (QED) is 0.251. The van der Waals surface area contributed by atoms with Crippen molar-refractivity contribution < 1.29 is 13.9 Å². The third kappa shape index (κ3) is 5.36. The molecule has 0 unspecified atom stereocenters. The largest absolute Gasteiger partial charge is 0.461 e. The second kappa shape index (κ2) is 11.2. The molecule has 5 rings (SSSR count). The molecule has 2 aromatic heterocycles. The highest BCUT2D eigenvalue weighted by atomic mass is 127. The van der Waals surface area contributed by atoms with Gasteiger partial charge in [0, 0.05) is 15.7 Å². The second-order valence-electron chi connectivity index (χ2n) is 9.31. The monoisotopic (exact) mass is 607 g/mol. The van der Waals surface area contributed by atoms with Crippen molar-refractivity contribution in [3.05, 3.63) is 33.8 Å². The summed E-state index contributed by atoms with van der Waals surface area (Å²) in [6.07, 6.45) is 9.26. The van der Waals surface area contributed by atoms with E-state index in [1.54, 1.807) is 12.3 Å². The van der Waals surface area contributed by atoms with Gasteiger partial charge in [-0.05, 0) is 50.7 Å². The van der Waals surface area contributed by atoms with Gasteiger partial charge in [-0.25, -0.2) is 14.4 Å². The van der Waals surface area contributed by atoms with Gasteiger partial charge in [0.15, 0.2) is 5.65 Å². The van der Waals surface area contributed by atoms with Gasteiger partial charge in [-0.15, -0.1) is 0 Å². The molecule has 2 fully saturated rings. The van der Waals surface area contributed by atoms with Gasteiger partial charge in [-0.3, -0.25) is 9.36 Å². The molecule has 0 spiro atoms. The van der Waals surface area contributed by atoms with Gasteiger partial charge in [0.1, 0.15) is 17.4 Å². The number of hydrogen-bond donors (Lipinski definition) is 3. The zero-order chi connectivity index (χ0) is 25.1. The topological polar surface area (TPSA) is 120 Å². The van der Waals surface area contributed by atoms with Gasteiger partial charge >= 0.3 is 5.97 Å². The Hall–Kier alpha value is -2.67. The van der Waals surface area contributed by atoms with E-state index in [9.17, 15) is 9.18 Å². The smallest absolute Gasteiger partial charge is 0.319 e. The highest BCUT2D eigenvalue weighted by Gasteiger charge is 2.27. The maximum absolute atomic E-state index is 14.7. The van der Waals surface area contributed by atoms with Gasteiger partial charge in [-0.1, -0.05) is 44.2 Å². The van der Waals surface area contributed by atoms with E-state index in [4.69, 9.17) is 20.4 Å². The normalized spacial score (nSPS) is 20.5. The van der Waals surface area contributed by atoms with Gasteiger partial charge in [-0.2, -0.15) is 4.98 Å². The lowest BCUT2D eigenvalue weighted by Crippen LogP contribution is -2.33. The van der Waals surface area contributed by atoms with E-state index < -0.39 is 20.7 Å². The van der Waals surface area contributed by atoms with Crippen LogP contribution in [-0.4, -0.2) is 48.7 Å². The molecule has 9 nitrogen and oxygen atoms in total. The Balaban J connectivity index is 1.40. The lowest BCUT2D eigenvalue weighted by atomic mass is 9.93. The maximum Gasteiger partial charge on any atom is 0.319 e. The third-order valence-corrected chi connectivity index (χ3v) is 8.66. The maximum atomic E-state index is 14.7. The predicted molar refractivity (Wildman–Crippen MR) is 147 cm³/mol. The molecule has 0 aliphatic heterocycles. The Kier molecular flexibility index (Phi) is 7.75. The van der Waals surface area contributed by atoms with E-state index in [-0.39, 0.29) is 36.5 Å². The molecule has 2 aliphatic carbocycles. The molecule has 1 aromatic carbocycles. The first-order valence-electron chi connectivity index (χ1n) is 12.4. The Morgan fingerprint density at radius 1 is 1.19 bits per heavy atom. The van der Waals surface area contributed by atoms with Crippen molar-refractivity contribution in [2.75, 3.05) is 17.2 Å². The molecule has 2 aliphatic rings. The molecule has 4 N–H and O–H groups in total. The Morgan fingerprint density at radius 2 is 1.97 bits per heavy atom. The summed E-state index contributed by atoms with van der Waals surface area (Å²) in [4.78, 5) is 25.6. The van der Waals surface area contributed by atoms with Crippen LogP contribution in [0.5, 0.6) is 0 Å². The number of ether oxygens (including phenoxy) is 1. The molecule has 0 radical (unpaired) electrons.